The van der Waals surface area contributed by atoms with Gasteiger partial charge in [0, 0.05) is 31.6 Å². The van der Waals surface area contributed by atoms with Crippen molar-refractivity contribution in [3.05, 3.63) is 46.5 Å². The number of hydrogen-bond donors (Lipinski definition) is 3. The van der Waals surface area contributed by atoms with E-state index in [0.717, 1.165) is 25.6 Å². The van der Waals surface area contributed by atoms with Crippen LogP contribution in [0.1, 0.15) is 34.3 Å². The van der Waals surface area contributed by atoms with Gasteiger partial charge < -0.3 is 20.4 Å². The molecule has 154 valence electrons. The van der Waals surface area contributed by atoms with E-state index in [1.165, 1.54) is 24.0 Å². The lowest BCUT2D eigenvalue weighted by Crippen LogP contribution is -2.44. The Kier molecular flexibility index (Phi) is 9.79. The van der Waals surface area contributed by atoms with Crippen molar-refractivity contribution in [3.8, 4) is 0 Å². The van der Waals surface area contributed by atoms with E-state index in [1.807, 2.05) is 0 Å². The summed E-state index contributed by atoms with van der Waals surface area (Å²) in [6.07, 6.45) is 4.03. The zero-order chi connectivity index (χ0) is 18.9. The fourth-order valence-corrected chi connectivity index (χ4v) is 4.07. The first kappa shape index (κ1) is 22.7. The Labute approximate surface area is 187 Å². The molecule has 1 saturated heterocycles. The van der Waals surface area contributed by atoms with Gasteiger partial charge in [-0.3, -0.25) is 14.7 Å². The Balaban J connectivity index is 0.00000280. The van der Waals surface area contributed by atoms with Crippen LogP contribution in [0.15, 0.2) is 45.3 Å². The Morgan fingerprint density at radius 2 is 2.00 bits per heavy atom. The van der Waals surface area contributed by atoms with Gasteiger partial charge in [-0.15, -0.1) is 35.3 Å². The fourth-order valence-electron chi connectivity index (χ4n) is 3.21. The van der Waals surface area contributed by atoms with Crippen molar-refractivity contribution in [1.29, 1.82) is 0 Å². The van der Waals surface area contributed by atoms with E-state index in [1.54, 1.807) is 30.5 Å². The van der Waals surface area contributed by atoms with Gasteiger partial charge in [-0.05, 0) is 49.5 Å². The Morgan fingerprint density at radius 1 is 1.21 bits per heavy atom. The maximum atomic E-state index is 11.8. The lowest BCUT2D eigenvalue weighted by atomic mass is 10.2. The van der Waals surface area contributed by atoms with Crippen molar-refractivity contribution >= 4 is 47.2 Å². The largest absolute Gasteiger partial charge is 0.459 e. The molecule has 1 aliphatic heterocycles. The number of amides is 1. The molecule has 0 aromatic carbocycles. The van der Waals surface area contributed by atoms with E-state index in [0.29, 0.717) is 24.9 Å². The maximum Gasteiger partial charge on any atom is 0.287 e. The molecule has 0 radical (unpaired) electrons. The number of carbonyl (C=O) groups excluding carboxylic acids is 1. The highest BCUT2D eigenvalue weighted by Gasteiger charge is 2.24. The molecule has 0 aliphatic carbocycles. The summed E-state index contributed by atoms with van der Waals surface area (Å²) >= 11 is 1.80. The predicted molar refractivity (Wildman–Crippen MR) is 124 cm³/mol. The summed E-state index contributed by atoms with van der Waals surface area (Å²) in [5.41, 5.74) is 0. The summed E-state index contributed by atoms with van der Waals surface area (Å²) in [5, 5.41) is 11.6. The van der Waals surface area contributed by atoms with Crippen LogP contribution in [0, 0.1) is 0 Å². The van der Waals surface area contributed by atoms with E-state index in [4.69, 9.17) is 4.42 Å². The summed E-state index contributed by atoms with van der Waals surface area (Å²) in [6, 6.07) is 8.02. The number of halogens is 1. The van der Waals surface area contributed by atoms with Crippen LogP contribution in [0.3, 0.4) is 0 Å². The normalized spacial score (nSPS) is 15.7. The number of aliphatic imine (C=N–C) groups is 1. The topological polar surface area (TPSA) is 81.9 Å². The second-order valence-electron chi connectivity index (χ2n) is 6.39. The smallest absolute Gasteiger partial charge is 0.287 e. The molecule has 1 atom stereocenters. The first-order valence-electron chi connectivity index (χ1n) is 9.31. The summed E-state index contributed by atoms with van der Waals surface area (Å²) in [4.78, 5) is 20.0. The molecule has 1 amide bonds. The number of furan rings is 1. The minimum atomic E-state index is -0.212. The number of nitrogens with zero attached hydrogens (tertiary/aromatic N) is 2. The van der Waals surface area contributed by atoms with Gasteiger partial charge >= 0.3 is 0 Å². The zero-order valence-corrected chi connectivity index (χ0v) is 19.2. The summed E-state index contributed by atoms with van der Waals surface area (Å²) in [7, 11) is 1.76. The van der Waals surface area contributed by atoms with Gasteiger partial charge in [0.2, 0.25) is 0 Å². The second-order valence-corrected chi connectivity index (χ2v) is 7.37. The molecule has 2 aromatic heterocycles. The van der Waals surface area contributed by atoms with Crippen molar-refractivity contribution in [2.45, 2.75) is 18.9 Å². The zero-order valence-electron chi connectivity index (χ0n) is 16.0. The highest BCUT2D eigenvalue weighted by Crippen LogP contribution is 2.27. The van der Waals surface area contributed by atoms with Crippen molar-refractivity contribution in [2.24, 2.45) is 4.99 Å². The average molecular weight is 517 g/mol. The summed E-state index contributed by atoms with van der Waals surface area (Å²) in [5.74, 6) is 0.849. The highest BCUT2D eigenvalue weighted by atomic mass is 127. The molecular formula is C19H28IN5O2S. The third-order valence-electron chi connectivity index (χ3n) is 4.59. The van der Waals surface area contributed by atoms with Gasteiger partial charge in [0.05, 0.1) is 12.3 Å². The SMILES string of the molecule is CN=C(NCCNC(=O)c1ccco1)NCC(c1cccs1)N1CCCC1.I. The number of hydrogen-bond acceptors (Lipinski definition) is 5. The average Bonchev–Trinajstić information content (AvgIpc) is 3.45. The molecule has 3 N–H and O–H groups in total. The number of carbonyl (C=O) groups is 1. The van der Waals surface area contributed by atoms with Crippen LogP contribution in [-0.4, -0.2) is 56.5 Å². The quantitative estimate of drug-likeness (QED) is 0.217. The molecule has 3 rings (SSSR count). The molecule has 1 aliphatic rings. The van der Waals surface area contributed by atoms with Crippen LogP contribution in [0.5, 0.6) is 0 Å². The van der Waals surface area contributed by atoms with Crippen LogP contribution in [0.2, 0.25) is 0 Å². The van der Waals surface area contributed by atoms with E-state index >= 15 is 0 Å². The molecule has 3 heterocycles. The molecule has 1 unspecified atom stereocenters. The monoisotopic (exact) mass is 517 g/mol. The second kappa shape index (κ2) is 12.1. The summed E-state index contributed by atoms with van der Waals surface area (Å²) < 4.78 is 5.07. The fraction of sp³-hybridized carbons (Fsp3) is 0.474. The van der Waals surface area contributed by atoms with Crippen molar-refractivity contribution < 1.29 is 9.21 Å². The minimum absolute atomic E-state index is 0. The molecule has 2 aromatic rings. The van der Waals surface area contributed by atoms with E-state index in [9.17, 15) is 4.79 Å². The number of nitrogens with one attached hydrogen (secondary N) is 3. The lowest BCUT2D eigenvalue weighted by molar-refractivity contribution is 0.0926. The number of thiophene rings is 1. The Hall–Kier alpha value is -1.59. The molecule has 1 fully saturated rings. The summed E-state index contributed by atoms with van der Waals surface area (Å²) in [6.45, 7) is 4.17. The third kappa shape index (κ3) is 6.49. The Bertz CT molecular complexity index is 715. The van der Waals surface area contributed by atoms with E-state index in [2.05, 4.69) is 43.4 Å². The molecular weight excluding hydrogens is 489 g/mol. The van der Waals surface area contributed by atoms with Crippen molar-refractivity contribution in [2.75, 3.05) is 39.8 Å². The molecule has 0 saturated carbocycles. The van der Waals surface area contributed by atoms with Gasteiger partial charge in [0.25, 0.3) is 5.91 Å². The van der Waals surface area contributed by atoms with E-state index in [-0.39, 0.29) is 29.9 Å². The molecule has 7 nitrogen and oxygen atoms in total. The molecule has 0 bridgehead atoms. The first-order chi connectivity index (χ1) is 13.3. The number of guanidine groups is 1. The minimum Gasteiger partial charge on any atom is -0.459 e. The van der Waals surface area contributed by atoms with Crippen LogP contribution in [0.4, 0.5) is 0 Å². The highest BCUT2D eigenvalue weighted by molar-refractivity contribution is 14.0. The Morgan fingerprint density at radius 3 is 2.64 bits per heavy atom. The van der Waals surface area contributed by atoms with Gasteiger partial charge in [-0.2, -0.15) is 0 Å². The van der Waals surface area contributed by atoms with Gasteiger partial charge in [0.15, 0.2) is 11.7 Å². The van der Waals surface area contributed by atoms with E-state index < -0.39 is 0 Å². The van der Waals surface area contributed by atoms with Gasteiger partial charge in [-0.1, -0.05) is 6.07 Å². The van der Waals surface area contributed by atoms with Crippen LogP contribution in [0.25, 0.3) is 0 Å². The van der Waals surface area contributed by atoms with Gasteiger partial charge in [-0.25, -0.2) is 0 Å². The first-order valence-corrected chi connectivity index (χ1v) is 10.2. The van der Waals surface area contributed by atoms with Crippen LogP contribution in [-0.2, 0) is 0 Å². The van der Waals surface area contributed by atoms with Gasteiger partial charge in [0.1, 0.15) is 0 Å². The molecule has 9 heteroatoms. The lowest BCUT2D eigenvalue weighted by Gasteiger charge is -2.27. The van der Waals surface area contributed by atoms with Crippen molar-refractivity contribution in [3.63, 3.8) is 0 Å². The number of rotatable bonds is 8. The predicted octanol–water partition coefficient (Wildman–Crippen LogP) is 2.69. The molecule has 28 heavy (non-hydrogen) atoms. The number of likely N-dealkylation sites (tertiary alicyclic amines) is 1. The maximum absolute atomic E-state index is 11.8. The van der Waals surface area contributed by atoms with Crippen LogP contribution >= 0.6 is 35.3 Å². The standard InChI is InChI=1S/C19H27N5O2S.HI/c1-20-19(22-9-8-21-18(25)16-6-4-12-26-16)23-14-15(17-7-5-13-27-17)24-10-2-3-11-24;/h4-7,12-13,15H,2-3,8-11,14H2,1H3,(H,21,25)(H2,20,22,23);1H. The third-order valence-corrected chi connectivity index (χ3v) is 5.56. The van der Waals surface area contributed by atoms with Crippen LogP contribution < -0.4 is 16.0 Å². The molecule has 0 spiro atoms. The van der Waals surface area contributed by atoms with Crippen molar-refractivity contribution in [1.82, 2.24) is 20.9 Å².